The molecule has 0 aromatic carbocycles. The third-order valence-electron chi connectivity index (χ3n) is 4.56. The molecular weight excluding hydrogens is 464 g/mol. The fourth-order valence-corrected chi connectivity index (χ4v) is 3.24. The van der Waals surface area contributed by atoms with Crippen LogP contribution in [-0.4, -0.2) is 70.1 Å². The van der Waals surface area contributed by atoms with E-state index in [1.54, 1.807) is 37.2 Å². The summed E-state index contributed by atoms with van der Waals surface area (Å²) in [6, 6.07) is 5.57. The quantitative estimate of drug-likeness (QED) is 0.238. The van der Waals surface area contributed by atoms with E-state index in [0.29, 0.717) is 6.54 Å². The molecule has 10 heteroatoms. The van der Waals surface area contributed by atoms with Gasteiger partial charge in [-0.05, 0) is 58.4 Å². The second-order valence-corrected chi connectivity index (χ2v) is 8.70. The average molecular weight is 505 g/mol. The number of nitriles is 1. The van der Waals surface area contributed by atoms with Crippen LogP contribution in [0.1, 0.15) is 41.5 Å². The van der Waals surface area contributed by atoms with Gasteiger partial charge in [0, 0.05) is 37.6 Å². The summed E-state index contributed by atoms with van der Waals surface area (Å²) >= 11 is 1.39. The predicted molar refractivity (Wildman–Crippen MR) is 145 cm³/mol. The number of aliphatic hydroxyl groups is 1. The Labute approximate surface area is 214 Å². The first-order valence-electron chi connectivity index (χ1n) is 11.7. The molecule has 35 heavy (non-hydrogen) atoms. The Kier molecular flexibility index (Phi) is 15.9. The van der Waals surface area contributed by atoms with Crippen LogP contribution in [0.4, 0.5) is 11.5 Å². The standard InChI is InChI=1S/C23H34N6O3S.C2H6/c1-6-25-20-14-18(8-11-27-20)26-12-9-19(33-5)22(32)29(7-2)13-10-17(15-24)21(31)28-23(3,4)16-30;1-2/h8-12,14,19,30H,6-7,13,16H2,1-5H3,(H,28,31)(H2,25,26,27);1-2H3/b12-9?,17-10+;. The third-order valence-corrected chi connectivity index (χ3v) is 5.42. The number of amides is 2. The zero-order chi connectivity index (χ0) is 26.9. The average Bonchev–Trinajstić information content (AvgIpc) is 2.85. The van der Waals surface area contributed by atoms with Crippen molar-refractivity contribution < 1.29 is 14.7 Å². The first-order valence-corrected chi connectivity index (χ1v) is 13.0. The van der Waals surface area contributed by atoms with Crippen molar-refractivity contribution in [3.8, 4) is 6.07 Å². The minimum absolute atomic E-state index is 0.102. The molecule has 2 amide bonds. The summed E-state index contributed by atoms with van der Waals surface area (Å²) in [5.74, 6) is 0.0487. The fraction of sp³-hybridized carbons (Fsp3) is 0.520. The van der Waals surface area contributed by atoms with Crippen molar-refractivity contribution in [1.29, 1.82) is 5.26 Å². The fourth-order valence-electron chi connectivity index (χ4n) is 2.65. The number of aliphatic hydroxyl groups excluding tert-OH is 1. The van der Waals surface area contributed by atoms with Crippen LogP contribution in [0.5, 0.6) is 0 Å². The van der Waals surface area contributed by atoms with E-state index in [1.165, 1.54) is 17.8 Å². The lowest BCUT2D eigenvalue weighted by atomic mass is 10.1. The van der Waals surface area contributed by atoms with Gasteiger partial charge in [-0.15, -0.1) is 11.8 Å². The second-order valence-electron chi connectivity index (χ2n) is 7.72. The molecular formula is C25H40N6O3S. The molecule has 0 fully saturated rings. The van der Waals surface area contributed by atoms with Crippen LogP contribution in [0.25, 0.3) is 0 Å². The number of nitrogens with one attached hydrogen (secondary N) is 3. The zero-order valence-electron chi connectivity index (χ0n) is 21.9. The molecule has 1 unspecified atom stereocenters. The number of carbonyl (C=O) groups excluding carboxylic acids is 2. The molecule has 0 bridgehead atoms. The largest absolute Gasteiger partial charge is 0.394 e. The minimum Gasteiger partial charge on any atom is -0.394 e. The van der Waals surface area contributed by atoms with E-state index in [4.69, 9.17) is 0 Å². The van der Waals surface area contributed by atoms with Crippen molar-refractivity contribution >= 4 is 35.1 Å². The van der Waals surface area contributed by atoms with Crippen LogP contribution in [0.3, 0.4) is 0 Å². The van der Waals surface area contributed by atoms with Gasteiger partial charge in [-0.1, -0.05) is 13.8 Å². The van der Waals surface area contributed by atoms with Gasteiger partial charge >= 0.3 is 0 Å². The van der Waals surface area contributed by atoms with Gasteiger partial charge in [-0.2, -0.15) is 5.26 Å². The highest BCUT2D eigenvalue weighted by atomic mass is 32.2. The van der Waals surface area contributed by atoms with E-state index >= 15 is 0 Å². The molecule has 0 spiro atoms. The summed E-state index contributed by atoms with van der Waals surface area (Å²) in [5, 5.41) is 27.1. The Bertz CT molecular complexity index is 895. The first-order chi connectivity index (χ1) is 16.7. The van der Waals surface area contributed by atoms with Gasteiger partial charge in [0.05, 0.1) is 12.1 Å². The highest BCUT2D eigenvalue weighted by Gasteiger charge is 2.23. The van der Waals surface area contributed by atoms with Crippen LogP contribution in [0, 0.1) is 11.3 Å². The summed E-state index contributed by atoms with van der Waals surface area (Å²) in [7, 11) is 0. The number of carbonyl (C=O) groups is 2. The SMILES string of the molecule is CC.CCNc1cc(NC=CC(SC)C(=O)N(CC)C/C=C(\C#N)C(=O)NC(C)(C)CO)ccn1. The van der Waals surface area contributed by atoms with E-state index in [9.17, 15) is 20.0 Å². The second kappa shape index (κ2) is 17.4. The monoisotopic (exact) mass is 504 g/mol. The molecule has 4 N–H and O–H groups in total. The Morgan fingerprint density at radius 1 is 1.34 bits per heavy atom. The number of aromatic nitrogens is 1. The van der Waals surface area contributed by atoms with Crippen molar-refractivity contribution in [1.82, 2.24) is 15.2 Å². The summed E-state index contributed by atoms with van der Waals surface area (Å²) in [4.78, 5) is 31.1. The predicted octanol–water partition coefficient (Wildman–Crippen LogP) is 3.38. The number of thioether (sulfide) groups is 1. The highest BCUT2D eigenvalue weighted by molar-refractivity contribution is 8.00. The number of nitrogens with zero attached hydrogens (tertiary/aromatic N) is 3. The number of hydrogen-bond donors (Lipinski definition) is 4. The van der Waals surface area contributed by atoms with Gasteiger partial charge in [0.25, 0.3) is 5.91 Å². The smallest absolute Gasteiger partial charge is 0.262 e. The van der Waals surface area contributed by atoms with Gasteiger partial charge in [0.1, 0.15) is 22.7 Å². The minimum atomic E-state index is -0.850. The van der Waals surface area contributed by atoms with Gasteiger partial charge in [0.2, 0.25) is 5.91 Å². The lowest BCUT2D eigenvalue weighted by Crippen LogP contribution is -2.46. The Morgan fingerprint density at radius 2 is 2.03 bits per heavy atom. The van der Waals surface area contributed by atoms with Crippen LogP contribution in [0.15, 0.2) is 42.3 Å². The number of rotatable bonds is 13. The number of hydrogen-bond acceptors (Lipinski definition) is 8. The van der Waals surface area contributed by atoms with Crippen molar-refractivity contribution in [3.63, 3.8) is 0 Å². The summed E-state index contributed by atoms with van der Waals surface area (Å²) in [6.45, 7) is 12.2. The van der Waals surface area contributed by atoms with Crippen molar-refractivity contribution in [2.45, 2.75) is 52.3 Å². The zero-order valence-corrected chi connectivity index (χ0v) is 22.7. The lowest BCUT2D eigenvalue weighted by Gasteiger charge is -2.24. The normalized spacial score (nSPS) is 12.1. The number of anilines is 2. The first kappa shape index (κ1) is 32.0. The maximum absolute atomic E-state index is 13.0. The van der Waals surface area contributed by atoms with E-state index in [1.807, 2.05) is 52.2 Å². The maximum Gasteiger partial charge on any atom is 0.262 e. The Hall–Kier alpha value is -3.03. The van der Waals surface area contributed by atoms with Gasteiger partial charge in [-0.3, -0.25) is 9.59 Å². The van der Waals surface area contributed by atoms with Gasteiger partial charge in [0.15, 0.2) is 0 Å². The van der Waals surface area contributed by atoms with Crippen LogP contribution in [-0.2, 0) is 9.59 Å². The summed E-state index contributed by atoms with van der Waals surface area (Å²) < 4.78 is 0. The van der Waals surface area contributed by atoms with Crippen LogP contribution < -0.4 is 16.0 Å². The molecule has 1 aromatic heterocycles. The number of pyridine rings is 1. The van der Waals surface area contributed by atoms with E-state index < -0.39 is 16.7 Å². The molecule has 194 valence electrons. The van der Waals surface area contributed by atoms with Crippen LogP contribution >= 0.6 is 11.8 Å². The molecule has 0 saturated carbocycles. The lowest BCUT2D eigenvalue weighted by molar-refractivity contribution is -0.129. The van der Waals surface area contributed by atoms with Crippen molar-refractivity contribution in [3.05, 3.63) is 42.3 Å². The molecule has 1 atom stereocenters. The molecule has 0 saturated heterocycles. The molecule has 9 nitrogen and oxygen atoms in total. The van der Waals surface area contributed by atoms with E-state index in [0.717, 1.165) is 18.1 Å². The highest BCUT2D eigenvalue weighted by Crippen LogP contribution is 2.15. The van der Waals surface area contributed by atoms with Gasteiger partial charge in [-0.25, -0.2) is 4.98 Å². The molecule has 1 aromatic rings. The Morgan fingerprint density at radius 3 is 2.57 bits per heavy atom. The Balaban J connectivity index is 0.00000562. The van der Waals surface area contributed by atoms with E-state index in [2.05, 4.69) is 20.9 Å². The third kappa shape index (κ3) is 11.8. The summed E-state index contributed by atoms with van der Waals surface area (Å²) in [6.07, 6.45) is 8.47. The van der Waals surface area contributed by atoms with Crippen molar-refractivity contribution in [2.24, 2.45) is 0 Å². The molecule has 0 aliphatic carbocycles. The number of likely N-dealkylation sites (N-methyl/N-ethyl adjacent to an activating group) is 1. The van der Waals surface area contributed by atoms with E-state index in [-0.39, 0.29) is 24.6 Å². The molecule has 1 rings (SSSR count). The maximum atomic E-state index is 13.0. The molecule has 0 aliphatic rings. The molecule has 1 heterocycles. The molecule has 0 aliphatic heterocycles. The van der Waals surface area contributed by atoms with Crippen molar-refractivity contribution in [2.75, 3.05) is 43.1 Å². The summed E-state index contributed by atoms with van der Waals surface area (Å²) in [5.41, 5.74) is -0.109. The van der Waals surface area contributed by atoms with Crippen LogP contribution in [0.2, 0.25) is 0 Å². The van der Waals surface area contributed by atoms with Gasteiger partial charge < -0.3 is 26.0 Å². The topological polar surface area (TPSA) is 130 Å². The molecule has 0 radical (unpaired) electrons.